The number of hydrogen-bond acceptors (Lipinski definition) is 4. The number of rotatable bonds is 24. The van der Waals surface area contributed by atoms with E-state index < -0.39 is 11.4 Å². The van der Waals surface area contributed by atoms with E-state index in [0.29, 0.717) is 6.61 Å². The highest BCUT2D eigenvalue weighted by Gasteiger charge is 2.38. The second-order valence-electron chi connectivity index (χ2n) is 9.69. The van der Waals surface area contributed by atoms with Crippen molar-refractivity contribution < 1.29 is 19.1 Å². The van der Waals surface area contributed by atoms with Crippen molar-refractivity contribution >= 4 is 17.5 Å². The topological polar surface area (TPSA) is 60.4 Å². The minimum Gasteiger partial charge on any atom is -0.465 e. The Morgan fingerprint density at radius 2 is 0.970 bits per heavy atom. The van der Waals surface area contributed by atoms with Crippen LogP contribution in [0.1, 0.15) is 129 Å². The Bertz CT molecular complexity index is 542. The molecule has 0 aromatic carbocycles. The van der Waals surface area contributed by atoms with Crippen molar-refractivity contribution in [3.8, 4) is 0 Å². The van der Waals surface area contributed by atoms with E-state index in [0.717, 1.165) is 19.3 Å². The third-order valence-corrected chi connectivity index (χ3v) is 6.31. The van der Waals surface area contributed by atoms with Gasteiger partial charge in [0.2, 0.25) is 0 Å². The molecule has 0 bridgehead atoms. The van der Waals surface area contributed by atoms with Crippen molar-refractivity contribution in [1.29, 1.82) is 0 Å². The third-order valence-electron chi connectivity index (χ3n) is 6.31. The zero-order valence-corrected chi connectivity index (χ0v) is 21.6. The number of unbranched alkanes of at least 4 members (excludes halogenated alkanes) is 15. The molecule has 0 N–H and O–H groups in total. The van der Waals surface area contributed by atoms with Crippen LogP contribution in [0.4, 0.5) is 0 Å². The number of allylic oxidation sites excluding steroid dienone is 2. The first-order valence-electron chi connectivity index (χ1n) is 13.4. The molecule has 33 heavy (non-hydrogen) atoms. The molecule has 4 nitrogen and oxygen atoms in total. The highest BCUT2D eigenvalue weighted by Crippen LogP contribution is 2.29. The summed E-state index contributed by atoms with van der Waals surface area (Å²) in [5.41, 5.74) is -1.16. The van der Waals surface area contributed by atoms with Crippen LogP contribution in [0.2, 0.25) is 0 Å². The van der Waals surface area contributed by atoms with Crippen molar-refractivity contribution in [3.05, 3.63) is 25.3 Å². The van der Waals surface area contributed by atoms with E-state index in [4.69, 9.17) is 4.74 Å². The summed E-state index contributed by atoms with van der Waals surface area (Å²) in [5, 5.41) is 0. The Morgan fingerprint density at radius 3 is 1.30 bits per heavy atom. The minimum atomic E-state index is -1.16. The first kappa shape index (κ1) is 31.3. The van der Waals surface area contributed by atoms with E-state index in [2.05, 4.69) is 20.1 Å². The molecule has 0 aliphatic carbocycles. The number of esters is 1. The van der Waals surface area contributed by atoms with Gasteiger partial charge < -0.3 is 4.74 Å². The van der Waals surface area contributed by atoms with Gasteiger partial charge in [0.15, 0.2) is 11.6 Å². The number of ether oxygens (including phenoxy) is 1. The number of hydrogen-bond donors (Lipinski definition) is 0. The largest absolute Gasteiger partial charge is 0.465 e. The Hall–Kier alpha value is -1.71. The summed E-state index contributed by atoms with van der Waals surface area (Å²) in [7, 11) is 0. The lowest BCUT2D eigenvalue weighted by molar-refractivity contribution is -0.158. The molecule has 0 saturated heterocycles. The maximum atomic E-state index is 12.5. The second kappa shape index (κ2) is 20.9. The first-order chi connectivity index (χ1) is 15.9. The molecule has 0 fully saturated rings. The van der Waals surface area contributed by atoms with Gasteiger partial charge in [0.05, 0.1) is 12.0 Å². The molecule has 0 rings (SSSR count). The molecular formula is C29H50O4. The van der Waals surface area contributed by atoms with Crippen molar-refractivity contribution in [1.82, 2.24) is 0 Å². The van der Waals surface area contributed by atoms with Crippen LogP contribution in [0.15, 0.2) is 25.3 Å². The molecule has 4 heteroatoms. The molecule has 0 aromatic heterocycles. The lowest BCUT2D eigenvalue weighted by atomic mass is 9.80. The number of ketones is 2. The SMILES string of the molecule is C=CC(=O)CC(C)(CC(=O)C=C)C(=O)OCCCCCCCCCCCCCCCCCC. The van der Waals surface area contributed by atoms with Crippen LogP contribution in [0, 0.1) is 5.41 Å². The van der Waals surface area contributed by atoms with Gasteiger partial charge in [-0.1, -0.05) is 116 Å². The lowest BCUT2D eigenvalue weighted by Crippen LogP contribution is -2.34. The summed E-state index contributed by atoms with van der Waals surface area (Å²) in [6.07, 6.45) is 22.9. The first-order valence-corrected chi connectivity index (χ1v) is 13.4. The fraction of sp³-hybridized carbons (Fsp3) is 0.759. The van der Waals surface area contributed by atoms with Gasteiger partial charge in [0.25, 0.3) is 0 Å². The Labute approximate surface area is 203 Å². The highest BCUT2D eigenvalue weighted by molar-refractivity contribution is 5.98. The highest BCUT2D eigenvalue weighted by atomic mass is 16.5. The van der Waals surface area contributed by atoms with Crippen molar-refractivity contribution in [2.45, 2.75) is 129 Å². The fourth-order valence-corrected chi connectivity index (χ4v) is 4.11. The van der Waals surface area contributed by atoms with Gasteiger partial charge in [-0.2, -0.15) is 0 Å². The van der Waals surface area contributed by atoms with Gasteiger partial charge in [0, 0.05) is 12.8 Å². The standard InChI is InChI=1S/C29H50O4/c1-5-8-9-10-11-12-13-14-15-16-17-18-19-20-21-22-23-33-28(32)29(4,24-26(30)6-2)25-27(31)7-3/h6-7H,2-3,5,8-25H2,1,4H3. The molecule has 0 aromatic rings. The van der Waals surface area contributed by atoms with Gasteiger partial charge in [-0.05, 0) is 25.5 Å². The Kier molecular flexibility index (Phi) is 19.8. The molecule has 0 heterocycles. The smallest absolute Gasteiger partial charge is 0.312 e. The van der Waals surface area contributed by atoms with Gasteiger partial charge in [-0.3, -0.25) is 14.4 Å². The predicted molar refractivity (Wildman–Crippen MR) is 138 cm³/mol. The van der Waals surface area contributed by atoms with E-state index in [9.17, 15) is 14.4 Å². The van der Waals surface area contributed by atoms with Crippen LogP contribution in [0.5, 0.6) is 0 Å². The zero-order chi connectivity index (χ0) is 24.8. The lowest BCUT2D eigenvalue weighted by Gasteiger charge is -2.25. The molecule has 0 spiro atoms. The average Bonchev–Trinajstić information content (AvgIpc) is 2.80. The molecule has 0 aliphatic rings. The van der Waals surface area contributed by atoms with Crippen molar-refractivity contribution in [3.63, 3.8) is 0 Å². The van der Waals surface area contributed by atoms with Crippen molar-refractivity contribution in [2.75, 3.05) is 6.61 Å². The molecule has 0 amide bonds. The van der Waals surface area contributed by atoms with Crippen LogP contribution in [0.25, 0.3) is 0 Å². The molecule has 0 aliphatic heterocycles. The van der Waals surface area contributed by atoms with E-state index in [1.54, 1.807) is 6.92 Å². The third kappa shape index (κ3) is 17.4. The quantitative estimate of drug-likeness (QED) is 0.0826. The maximum Gasteiger partial charge on any atom is 0.312 e. The molecule has 0 unspecified atom stereocenters. The number of carbonyl (C=O) groups is 3. The molecule has 0 atom stereocenters. The Morgan fingerprint density at radius 1 is 0.636 bits per heavy atom. The normalized spacial score (nSPS) is 11.2. The summed E-state index contributed by atoms with van der Waals surface area (Å²) < 4.78 is 5.41. The molecular weight excluding hydrogens is 412 g/mol. The summed E-state index contributed by atoms with van der Waals surface area (Å²) in [5.74, 6) is -1.03. The maximum absolute atomic E-state index is 12.5. The van der Waals surface area contributed by atoms with E-state index in [1.165, 1.54) is 95.6 Å². The average molecular weight is 463 g/mol. The van der Waals surface area contributed by atoms with Gasteiger partial charge in [0.1, 0.15) is 0 Å². The van der Waals surface area contributed by atoms with Crippen LogP contribution < -0.4 is 0 Å². The Balaban J connectivity index is 3.75. The molecule has 0 radical (unpaired) electrons. The monoisotopic (exact) mass is 462 g/mol. The van der Waals surface area contributed by atoms with Crippen molar-refractivity contribution in [2.24, 2.45) is 5.41 Å². The van der Waals surface area contributed by atoms with Crippen LogP contribution in [-0.2, 0) is 19.1 Å². The summed E-state index contributed by atoms with van der Waals surface area (Å²) >= 11 is 0. The zero-order valence-electron chi connectivity index (χ0n) is 21.6. The van der Waals surface area contributed by atoms with Crippen LogP contribution in [0.3, 0.4) is 0 Å². The fourth-order valence-electron chi connectivity index (χ4n) is 4.11. The van der Waals surface area contributed by atoms with E-state index in [1.807, 2.05) is 0 Å². The van der Waals surface area contributed by atoms with Gasteiger partial charge in [-0.25, -0.2) is 0 Å². The molecule has 190 valence electrons. The summed E-state index contributed by atoms with van der Waals surface area (Å²) in [6.45, 7) is 11.1. The molecule has 0 saturated carbocycles. The summed E-state index contributed by atoms with van der Waals surface area (Å²) in [4.78, 5) is 36.1. The van der Waals surface area contributed by atoms with Gasteiger partial charge >= 0.3 is 5.97 Å². The van der Waals surface area contributed by atoms with E-state index in [-0.39, 0.29) is 24.4 Å². The van der Waals surface area contributed by atoms with Gasteiger partial charge in [-0.15, -0.1) is 0 Å². The predicted octanol–water partition coefficient (Wildman–Crippen LogP) is 8.09. The van der Waals surface area contributed by atoms with Crippen LogP contribution in [-0.4, -0.2) is 24.1 Å². The second-order valence-corrected chi connectivity index (χ2v) is 9.69. The summed E-state index contributed by atoms with van der Waals surface area (Å²) in [6, 6.07) is 0. The minimum absolute atomic E-state index is 0.0755. The van der Waals surface area contributed by atoms with Crippen LogP contribution >= 0.6 is 0 Å². The number of carbonyl (C=O) groups excluding carboxylic acids is 3. The van der Waals surface area contributed by atoms with E-state index >= 15 is 0 Å².